The largest absolute Gasteiger partial charge is 0.416 e. The van der Waals surface area contributed by atoms with Crippen LogP contribution in [0.4, 0.5) is 39.4 Å². The van der Waals surface area contributed by atoms with Crippen molar-refractivity contribution in [1.82, 2.24) is 4.98 Å². The number of halogens is 4. The van der Waals surface area contributed by atoms with Gasteiger partial charge in [-0.25, -0.2) is 9.18 Å². The lowest BCUT2D eigenvalue weighted by Gasteiger charge is -2.19. The van der Waals surface area contributed by atoms with Gasteiger partial charge in [-0.1, -0.05) is 12.1 Å². The van der Waals surface area contributed by atoms with Crippen LogP contribution < -0.4 is 21.3 Å². The van der Waals surface area contributed by atoms with Crippen LogP contribution in [0.25, 0.3) is 0 Å². The number of aromatic nitrogens is 1. The van der Waals surface area contributed by atoms with E-state index in [1.807, 2.05) is 0 Å². The number of H-pyrrole nitrogens is 1. The maximum atomic E-state index is 13.8. The van der Waals surface area contributed by atoms with Crippen LogP contribution in [-0.2, 0) is 12.7 Å². The number of nitrogens with one attached hydrogen (secondary N) is 3. The van der Waals surface area contributed by atoms with Crippen LogP contribution in [0.15, 0.2) is 54.9 Å². The Morgan fingerprint density at radius 1 is 1.09 bits per heavy atom. The molecule has 0 fully saturated rings. The van der Waals surface area contributed by atoms with Gasteiger partial charge in [0.2, 0.25) is 0 Å². The van der Waals surface area contributed by atoms with E-state index in [1.165, 1.54) is 6.20 Å². The minimum Gasteiger partial charge on any atom is -0.368 e. The van der Waals surface area contributed by atoms with E-state index in [4.69, 9.17) is 5.73 Å². The maximum absolute atomic E-state index is 13.8. The fourth-order valence-corrected chi connectivity index (χ4v) is 3.06. The molecule has 168 valence electrons. The molecule has 3 amide bonds. The second-order valence-corrected chi connectivity index (χ2v) is 6.95. The average molecular weight is 449 g/mol. The minimum atomic E-state index is -4.67. The molecule has 2 aromatic carbocycles. The average Bonchev–Trinajstić information content (AvgIpc) is 3.19. The number of nitrogens with two attached hydrogens (primary N) is 1. The summed E-state index contributed by atoms with van der Waals surface area (Å²) in [5.74, 6) is -1.58. The molecule has 0 radical (unpaired) electrons. The van der Waals surface area contributed by atoms with E-state index in [-0.39, 0.29) is 0 Å². The van der Waals surface area contributed by atoms with Crippen LogP contribution in [0.2, 0.25) is 0 Å². The van der Waals surface area contributed by atoms with Crippen molar-refractivity contribution >= 4 is 29.0 Å². The Morgan fingerprint density at radius 3 is 2.53 bits per heavy atom. The highest BCUT2D eigenvalue weighted by Crippen LogP contribution is 2.32. The molecule has 0 saturated heterocycles. The molecule has 0 aliphatic heterocycles. The van der Waals surface area contributed by atoms with Gasteiger partial charge in [-0.05, 0) is 35.9 Å². The molecule has 11 heteroatoms. The minimum absolute atomic E-state index is 0.323. The lowest BCUT2D eigenvalue weighted by atomic mass is 10.1. The zero-order valence-electron chi connectivity index (χ0n) is 16.8. The quantitative estimate of drug-likeness (QED) is 0.415. The molecule has 0 saturated carbocycles. The Labute approximate surface area is 180 Å². The molecule has 0 bridgehead atoms. The molecule has 0 unspecified atom stereocenters. The molecule has 0 aliphatic rings. The molecular weight excluding hydrogens is 430 g/mol. The zero-order valence-corrected chi connectivity index (χ0v) is 16.8. The van der Waals surface area contributed by atoms with E-state index in [0.717, 1.165) is 5.56 Å². The predicted molar refractivity (Wildman–Crippen MR) is 112 cm³/mol. The molecule has 7 nitrogen and oxygen atoms in total. The van der Waals surface area contributed by atoms with Crippen LogP contribution >= 0.6 is 0 Å². The number of amides is 3. The van der Waals surface area contributed by atoms with Crippen molar-refractivity contribution in [2.24, 2.45) is 5.73 Å². The van der Waals surface area contributed by atoms with Crippen LogP contribution in [0.3, 0.4) is 0 Å². The number of anilines is 3. The lowest BCUT2D eigenvalue weighted by molar-refractivity contribution is -0.137. The lowest BCUT2D eigenvalue weighted by Crippen LogP contribution is -2.22. The Balaban J connectivity index is 1.69. The molecule has 0 atom stereocenters. The highest BCUT2D eigenvalue weighted by atomic mass is 19.4. The molecule has 3 aromatic rings. The van der Waals surface area contributed by atoms with Gasteiger partial charge >= 0.3 is 12.2 Å². The van der Waals surface area contributed by atoms with Crippen LogP contribution in [0.1, 0.15) is 21.5 Å². The highest BCUT2D eigenvalue weighted by Gasteiger charge is 2.31. The molecule has 5 N–H and O–H groups in total. The first kappa shape index (κ1) is 22.7. The van der Waals surface area contributed by atoms with E-state index in [1.54, 1.807) is 42.4 Å². The second-order valence-electron chi connectivity index (χ2n) is 6.95. The molecule has 1 heterocycles. The first-order valence-corrected chi connectivity index (χ1v) is 9.26. The number of primary amides is 1. The Morgan fingerprint density at radius 2 is 1.84 bits per heavy atom. The van der Waals surface area contributed by atoms with Crippen molar-refractivity contribution in [1.29, 1.82) is 0 Å². The Hall–Kier alpha value is -4.02. The van der Waals surface area contributed by atoms with Crippen molar-refractivity contribution in [2.75, 3.05) is 22.6 Å². The monoisotopic (exact) mass is 449 g/mol. The molecule has 0 spiro atoms. The summed E-state index contributed by atoms with van der Waals surface area (Å²) in [4.78, 5) is 28.3. The number of rotatable bonds is 6. The third-order valence-electron chi connectivity index (χ3n) is 4.55. The summed E-state index contributed by atoms with van der Waals surface area (Å²) in [6.07, 6.45) is -1.56. The van der Waals surface area contributed by atoms with E-state index in [0.29, 0.717) is 41.7 Å². The Kier molecular flexibility index (Phi) is 6.37. The van der Waals surface area contributed by atoms with Crippen molar-refractivity contribution in [3.05, 3.63) is 77.4 Å². The fourth-order valence-electron chi connectivity index (χ4n) is 3.06. The third-order valence-corrected chi connectivity index (χ3v) is 4.55. The van der Waals surface area contributed by atoms with Crippen LogP contribution in [0, 0.1) is 5.82 Å². The summed E-state index contributed by atoms with van der Waals surface area (Å²) in [5.41, 5.74) is 5.67. The predicted octanol–water partition coefficient (Wildman–Crippen LogP) is 4.55. The second kappa shape index (κ2) is 9.00. The maximum Gasteiger partial charge on any atom is 0.416 e. The smallest absolute Gasteiger partial charge is 0.368 e. The summed E-state index contributed by atoms with van der Waals surface area (Å²) in [6.45, 7) is 0.359. The van der Waals surface area contributed by atoms with Gasteiger partial charge in [0, 0.05) is 31.7 Å². The van der Waals surface area contributed by atoms with E-state index in [9.17, 15) is 27.2 Å². The summed E-state index contributed by atoms with van der Waals surface area (Å²) in [5, 5.41) is 4.54. The SMILES string of the molecule is CN(Cc1cccc(NC(=O)Nc2cc(C(F)(F)F)ccc2F)c1)c1c[nH]cc1C(N)=O. The number of nitrogens with zero attached hydrogens (tertiary/aromatic N) is 1. The number of carbonyl (C=O) groups is 2. The fraction of sp³-hybridized carbons (Fsp3) is 0.143. The van der Waals surface area contributed by atoms with Crippen molar-refractivity contribution in [2.45, 2.75) is 12.7 Å². The van der Waals surface area contributed by atoms with E-state index < -0.39 is 35.2 Å². The third kappa shape index (κ3) is 5.36. The van der Waals surface area contributed by atoms with Gasteiger partial charge in [-0.15, -0.1) is 0 Å². The normalized spacial score (nSPS) is 11.2. The molecule has 1 aromatic heterocycles. The van der Waals surface area contributed by atoms with Gasteiger partial charge in [0.25, 0.3) is 5.91 Å². The van der Waals surface area contributed by atoms with Crippen molar-refractivity contribution in [3.63, 3.8) is 0 Å². The molecule has 32 heavy (non-hydrogen) atoms. The number of carbonyl (C=O) groups excluding carboxylic acids is 2. The number of hydrogen-bond donors (Lipinski definition) is 4. The van der Waals surface area contributed by atoms with Gasteiger partial charge < -0.3 is 26.3 Å². The van der Waals surface area contributed by atoms with Gasteiger partial charge in [0.05, 0.1) is 22.5 Å². The van der Waals surface area contributed by atoms with E-state index in [2.05, 4.69) is 15.6 Å². The molecular formula is C21H19F4N5O2. The first-order valence-electron chi connectivity index (χ1n) is 9.26. The van der Waals surface area contributed by atoms with Crippen LogP contribution in [0.5, 0.6) is 0 Å². The summed E-state index contributed by atoms with van der Waals surface area (Å²) in [6, 6.07) is 7.48. The first-order chi connectivity index (χ1) is 15.0. The topological polar surface area (TPSA) is 103 Å². The number of hydrogen-bond acceptors (Lipinski definition) is 3. The standard InChI is InChI=1S/C21H19F4N5O2/c1-30(18-10-27-9-15(18)19(26)31)11-12-3-2-4-14(7-12)28-20(32)29-17-8-13(21(23,24)25)5-6-16(17)22/h2-10,27H,11H2,1H3,(H2,26,31)(H2,28,29,32). The Bertz CT molecular complexity index is 1140. The van der Waals surface area contributed by atoms with Crippen LogP contribution in [-0.4, -0.2) is 24.0 Å². The highest BCUT2D eigenvalue weighted by molar-refractivity contribution is 6.00. The van der Waals surface area contributed by atoms with Gasteiger partial charge in [-0.3, -0.25) is 4.79 Å². The molecule has 3 rings (SSSR count). The van der Waals surface area contributed by atoms with Gasteiger partial charge in [0.1, 0.15) is 5.82 Å². The number of urea groups is 1. The van der Waals surface area contributed by atoms with Gasteiger partial charge in [-0.2, -0.15) is 13.2 Å². The summed E-state index contributed by atoms with van der Waals surface area (Å²) in [7, 11) is 1.75. The van der Waals surface area contributed by atoms with Gasteiger partial charge in [0.15, 0.2) is 0 Å². The number of benzene rings is 2. The molecule has 0 aliphatic carbocycles. The van der Waals surface area contributed by atoms with Crippen molar-refractivity contribution < 1.29 is 27.2 Å². The summed E-state index contributed by atoms with van der Waals surface area (Å²) >= 11 is 0. The van der Waals surface area contributed by atoms with E-state index >= 15 is 0 Å². The zero-order chi connectivity index (χ0) is 23.5. The number of aromatic amines is 1. The summed E-state index contributed by atoms with van der Waals surface area (Å²) < 4.78 is 52.3. The van der Waals surface area contributed by atoms with Crippen molar-refractivity contribution in [3.8, 4) is 0 Å². The number of alkyl halides is 3.